The minimum atomic E-state index is -4.94. The number of carbonyl (C=O) groups excluding carboxylic acids is 4. The highest BCUT2D eigenvalue weighted by atomic mass is 31.2. The second-order valence-electron chi connectivity index (χ2n) is 23.6. The Hall–Kier alpha value is -1.94. The molecule has 19 heteroatoms. The molecule has 0 heterocycles. The van der Waals surface area contributed by atoms with Crippen molar-refractivity contribution in [2.24, 2.45) is 17.8 Å². The van der Waals surface area contributed by atoms with E-state index in [1.807, 2.05) is 0 Å². The summed E-state index contributed by atoms with van der Waals surface area (Å²) >= 11 is 0. The van der Waals surface area contributed by atoms with E-state index in [0.717, 1.165) is 115 Å². The fourth-order valence-electron chi connectivity index (χ4n) is 9.09. The molecule has 0 bridgehead atoms. The molecule has 81 heavy (non-hydrogen) atoms. The molecule has 480 valence electrons. The largest absolute Gasteiger partial charge is 0.472 e. The van der Waals surface area contributed by atoms with Crippen LogP contribution in [0, 0.1) is 17.8 Å². The highest BCUT2D eigenvalue weighted by Gasteiger charge is 2.30. The van der Waals surface area contributed by atoms with Gasteiger partial charge in [0.2, 0.25) is 0 Å². The quantitative estimate of drug-likeness (QED) is 0.0222. The van der Waals surface area contributed by atoms with Gasteiger partial charge in [-0.05, 0) is 43.4 Å². The van der Waals surface area contributed by atoms with Crippen molar-refractivity contribution in [2.75, 3.05) is 39.6 Å². The summed E-state index contributed by atoms with van der Waals surface area (Å²) in [7, 11) is -9.88. The number of esters is 4. The number of rotatable bonds is 60. The molecule has 0 spiro atoms. The van der Waals surface area contributed by atoms with Crippen LogP contribution in [-0.4, -0.2) is 96.7 Å². The van der Waals surface area contributed by atoms with Gasteiger partial charge in [-0.1, -0.05) is 248 Å². The molecule has 0 saturated heterocycles. The number of carbonyl (C=O) groups is 4. The Labute approximate surface area is 492 Å². The van der Waals surface area contributed by atoms with E-state index in [1.54, 1.807) is 0 Å². The molecule has 0 aromatic rings. The summed E-state index contributed by atoms with van der Waals surface area (Å²) in [6.45, 7) is 11.6. The summed E-state index contributed by atoms with van der Waals surface area (Å²) in [6, 6.07) is 0. The third-order valence-corrected chi connectivity index (χ3v) is 16.4. The summed E-state index contributed by atoms with van der Waals surface area (Å²) in [6.07, 6.45) is 33.7. The summed E-state index contributed by atoms with van der Waals surface area (Å²) in [4.78, 5) is 72.0. The van der Waals surface area contributed by atoms with E-state index in [2.05, 4.69) is 48.5 Å². The molecule has 0 radical (unpaired) electrons. The minimum absolute atomic E-state index is 0.102. The first-order valence-electron chi connectivity index (χ1n) is 32.4. The van der Waals surface area contributed by atoms with Crippen LogP contribution in [0.3, 0.4) is 0 Å². The van der Waals surface area contributed by atoms with Crippen LogP contribution >= 0.6 is 15.6 Å². The van der Waals surface area contributed by atoms with Crippen molar-refractivity contribution in [2.45, 2.75) is 317 Å². The number of unbranched alkanes of at least 4 members (excludes halogenated alkanes) is 27. The van der Waals surface area contributed by atoms with Crippen molar-refractivity contribution >= 4 is 39.5 Å². The lowest BCUT2D eigenvalue weighted by molar-refractivity contribution is -0.161. The smallest absolute Gasteiger partial charge is 0.462 e. The molecule has 6 atom stereocenters. The summed E-state index contributed by atoms with van der Waals surface area (Å²) in [5.41, 5.74) is 0. The molecule has 3 N–H and O–H groups in total. The van der Waals surface area contributed by atoms with Crippen LogP contribution < -0.4 is 0 Å². The molecule has 0 aliphatic heterocycles. The first kappa shape index (κ1) is 79.1. The van der Waals surface area contributed by atoms with Crippen molar-refractivity contribution in [3.05, 3.63) is 0 Å². The number of aliphatic hydroxyl groups is 1. The van der Waals surface area contributed by atoms with E-state index in [4.69, 9.17) is 37.0 Å². The normalized spacial score (nSPS) is 14.8. The maximum atomic E-state index is 13.0. The van der Waals surface area contributed by atoms with Gasteiger partial charge in [0.05, 0.1) is 26.4 Å². The number of hydrogen-bond acceptors (Lipinski definition) is 15. The van der Waals surface area contributed by atoms with Crippen LogP contribution in [0.1, 0.15) is 299 Å². The monoisotopic (exact) mass is 1200 g/mol. The maximum absolute atomic E-state index is 13.0. The Kier molecular flexibility index (Phi) is 52.2. The van der Waals surface area contributed by atoms with Crippen molar-refractivity contribution in [3.63, 3.8) is 0 Å². The zero-order valence-corrected chi connectivity index (χ0v) is 54.0. The Balaban J connectivity index is 5.22. The van der Waals surface area contributed by atoms with Gasteiger partial charge in [-0.15, -0.1) is 0 Å². The first-order valence-corrected chi connectivity index (χ1v) is 35.4. The van der Waals surface area contributed by atoms with E-state index in [9.17, 15) is 43.2 Å². The lowest BCUT2D eigenvalue weighted by Gasteiger charge is -2.21. The van der Waals surface area contributed by atoms with Gasteiger partial charge in [0.1, 0.15) is 19.3 Å². The third kappa shape index (κ3) is 55.7. The van der Waals surface area contributed by atoms with E-state index in [-0.39, 0.29) is 25.7 Å². The molecule has 3 unspecified atom stereocenters. The fraction of sp³-hybridized carbons (Fsp3) is 0.935. The molecule has 0 rings (SSSR count). The molecule has 0 aromatic heterocycles. The van der Waals surface area contributed by atoms with Gasteiger partial charge in [-0.25, -0.2) is 9.13 Å². The zero-order valence-electron chi connectivity index (χ0n) is 52.2. The molecule has 0 aromatic carbocycles. The van der Waals surface area contributed by atoms with E-state index >= 15 is 0 Å². The molecule has 0 aliphatic carbocycles. The number of hydrogen-bond donors (Lipinski definition) is 3. The molecular weight excluding hydrogens is 1080 g/mol. The van der Waals surface area contributed by atoms with Crippen LogP contribution in [0.25, 0.3) is 0 Å². The van der Waals surface area contributed by atoms with Gasteiger partial charge in [0, 0.05) is 25.7 Å². The SMILES string of the molecule is CCCCCCCCCC(=O)OC[C@H](COP(=O)(O)OC[C@H](O)COP(=O)(O)OC[C@@H](COC(=O)CCCCCCCCCC(C)C)OC(=O)CCCCCCCCCCCCC(C)CC)OC(=O)CCCCCCCCCC(C)C. The standard InChI is InChI=1S/C62H120O17P2/c1-8-10-11-12-19-29-36-43-59(64)72-49-57(79-62(67)46-39-32-25-18-21-27-34-41-54(5)6)51-76-80(68,69)74-47-56(63)48-75-81(70,71)77-52-58(50-73-60(65)44-37-30-24-17-20-26-33-40-53(3)4)78-61(66)45-38-31-23-16-14-13-15-22-28-35-42-55(7)9-2/h53-58,63H,8-52H2,1-7H3,(H,68,69)(H,70,71)/t55?,56-,57+,58+/m0/s1. The fourth-order valence-corrected chi connectivity index (χ4v) is 10.7. The predicted octanol–water partition coefficient (Wildman–Crippen LogP) is 16.7. The maximum Gasteiger partial charge on any atom is 0.472 e. The molecule has 0 saturated carbocycles. The Morgan fingerprint density at radius 1 is 0.358 bits per heavy atom. The average molecular weight is 1200 g/mol. The average Bonchev–Trinajstić information content (AvgIpc) is 3.42. The summed E-state index contributed by atoms with van der Waals surface area (Å²) < 4.78 is 67.8. The van der Waals surface area contributed by atoms with Crippen LogP contribution in [0.15, 0.2) is 0 Å². The van der Waals surface area contributed by atoms with Crippen LogP contribution in [0.5, 0.6) is 0 Å². The van der Waals surface area contributed by atoms with Gasteiger partial charge in [0.25, 0.3) is 0 Å². The highest BCUT2D eigenvalue weighted by molar-refractivity contribution is 7.47. The van der Waals surface area contributed by atoms with Crippen molar-refractivity contribution in [1.29, 1.82) is 0 Å². The van der Waals surface area contributed by atoms with Gasteiger partial charge in [-0.2, -0.15) is 0 Å². The van der Waals surface area contributed by atoms with Crippen molar-refractivity contribution < 1.29 is 80.2 Å². The molecule has 0 amide bonds. The summed E-state index contributed by atoms with van der Waals surface area (Å²) in [5, 5.41) is 10.5. The lowest BCUT2D eigenvalue weighted by Crippen LogP contribution is -2.30. The van der Waals surface area contributed by atoms with Gasteiger partial charge < -0.3 is 33.8 Å². The number of phosphoric ester groups is 2. The first-order chi connectivity index (χ1) is 38.8. The van der Waals surface area contributed by atoms with E-state index in [0.29, 0.717) is 37.5 Å². The lowest BCUT2D eigenvalue weighted by atomic mass is 9.99. The van der Waals surface area contributed by atoms with E-state index < -0.39 is 97.5 Å². The molecule has 0 fully saturated rings. The molecular formula is C62H120O17P2. The molecule has 17 nitrogen and oxygen atoms in total. The number of ether oxygens (including phenoxy) is 4. The molecule has 0 aliphatic rings. The van der Waals surface area contributed by atoms with Gasteiger partial charge >= 0.3 is 39.5 Å². The summed E-state index contributed by atoms with van der Waals surface area (Å²) in [5.74, 6) is 0.0587. The Morgan fingerprint density at radius 3 is 0.938 bits per heavy atom. The van der Waals surface area contributed by atoms with Crippen LogP contribution in [0.2, 0.25) is 0 Å². The Morgan fingerprint density at radius 2 is 0.630 bits per heavy atom. The predicted molar refractivity (Wildman–Crippen MR) is 321 cm³/mol. The van der Waals surface area contributed by atoms with Crippen molar-refractivity contribution in [3.8, 4) is 0 Å². The van der Waals surface area contributed by atoms with Gasteiger partial charge in [-0.3, -0.25) is 37.3 Å². The van der Waals surface area contributed by atoms with Crippen molar-refractivity contribution in [1.82, 2.24) is 0 Å². The topological polar surface area (TPSA) is 237 Å². The highest BCUT2D eigenvalue weighted by Crippen LogP contribution is 2.45. The number of phosphoric acid groups is 2. The second kappa shape index (κ2) is 53.5. The van der Waals surface area contributed by atoms with Crippen LogP contribution in [-0.2, 0) is 65.4 Å². The van der Waals surface area contributed by atoms with Gasteiger partial charge in [0.15, 0.2) is 12.2 Å². The van der Waals surface area contributed by atoms with Crippen LogP contribution in [0.4, 0.5) is 0 Å². The number of aliphatic hydroxyl groups excluding tert-OH is 1. The minimum Gasteiger partial charge on any atom is -0.462 e. The van der Waals surface area contributed by atoms with E-state index in [1.165, 1.54) is 89.9 Å². The third-order valence-electron chi connectivity index (χ3n) is 14.5. The Bertz CT molecular complexity index is 1620. The second-order valence-corrected chi connectivity index (χ2v) is 26.5. The zero-order chi connectivity index (χ0) is 60.3.